The van der Waals surface area contributed by atoms with Crippen molar-refractivity contribution in [2.24, 2.45) is 11.8 Å². The van der Waals surface area contributed by atoms with Crippen LogP contribution in [-0.2, 0) is 9.59 Å². The molecule has 1 atom stereocenters. The molecule has 0 heterocycles. The topological polar surface area (TPSA) is 84.9 Å². The highest BCUT2D eigenvalue weighted by Gasteiger charge is 2.23. The van der Waals surface area contributed by atoms with Gasteiger partial charge in [0.05, 0.1) is 6.61 Å². The average molecular weight is 323 g/mol. The Balaban J connectivity index is 2.52. The fraction of sp³-hybridized carbons (Fsp3) is 0.529. The first-order valence-corrected chi connectivity index (χ1v) is 7.67. The molecule has 0 spiro atoms. The second-order valence-electron chi connectivity index (χ2n) is 6.10. The predicted molar refractivity (Wildman–Crippen MR) is 86.7 cm³/mol. The molecule has 1 amide bonds. The largest absolute Gasteiger partial charge is 0.493 e. The minimum Gasteiger partial charge on any atom is -0.493 e. The Bertz CT molecular complexity index is 527. The molecule has 0 bridgehead atoms. The quantitative estimate of drug-likeness (QED) is 0.728. The van der Waals surface area contributed by atoms with E-state index in [-0.39, 0.29) is 12.5 Å². The van der Waals surface area contributed by atoms with Crippen molar-refractivity contribution >= 4 is 11.9 Å². The third kappa shape index (κ3) is 7.04. The van der Waals surface area contributed by atoms with E-state index in [4.69, 9.17) is 14.6 Å². The van der Waals surface area contributed by atoms with Crippen molar-refractivity contribution in [2.75, 3.05) is 13.2 Å². The molecule has 6 heteroatoms. The summed E-state index contributed by atoms with van der Waals surface area (Å²) in [5.41, 5.74) is 0. The number of nitrogens with one attached hydrogen (secondary N) is 1. The fourth-order valence-electron chi connectivity index (χ4n) is 1.79. The highest BCUT2D eigenvalue weighted by atomic mass is 16.5. The molecule has 0 unspecified atom stereocenters. The number of ether oxygens (including phenoxy) is 2. The Morgan fingerprint density at radius 3 is 2.26 bits per heavy atom. The van der Waals surface area contributed by atoms with Crippen LogP contribution in [0.1, 0.15) is 27.7 Å². The van der Waals surface area contributed by atoms with Crippen molar-refractivity contribution in [2.45, 2.75) is 33.7 Å². The molecule has 0 aromatic heterocycles. The molecule has 0 saturated heterocycles. The second kappa shape index (κ2) is 9.02. The number of rotatable bonds is 9. The monoisotopic (exact) mass is 323 g/mol. The zero-order valence-electron chi connectivity index (χ0n) is 14.0. The lowest BCUT2D eigenvalue weighted by atomic mass is 10.1. The Morgan fingerprint density at radius 2 is 1.74 bits per heavy atom. The molecule has 1 aromatic rings. The van der Waals surface area contributed by atoms with Crippen molar-refractivity contribution in [3.63, 3.8) is 0 Å². The third-order valence-electron chi connectivity index (χ3n) is 3.01. The van der Waals surface area contributed by atoms with Crippen molar-refractivity contribution in [1.29, 1.82) is 0 Å². The van der Waals surface area contributed by atoms with E-state index in [9.17, 15) is 9.59 Å². The summed E-state index contributed by atoms with van der Waals surface area (Å²) in [6.45, 7) is 7.92. The first-order chi connectivity index (χ1) is 10.8. The molecular weight excluding hydrogens is 298 g/mol. The molecular formula is C17H25NO5. The molecule has 1 rings (SSSR count). The van der Waals surface area contributed by atoms with Gasteiger partial charge >= 0.3 is 5.97 Å². The van der Waals surface area contributed by atoms with Crippen molar-refractivity contribution < 1.29 is 24.2 Å². The molecule has 0 fully saturated rings. The van der Waals surface area contributed by atoms with Gasteiger partial charge in [0.1, 0.15) is 17.5 Å². The highest BCUT2D eigenvalue weighted by molar-refractivity contribution is 5.84. The Hall–Kier alpha value is -2.24. The second-order valence-corrected chi connectivity index (χ2v) is 6.10. The smallest absolute Gasteiger partial charge is 0.326 e. The molecule has 0 radical (unpaired) electrons. The van der Waals surface area contributed by atoms with Crippen molar-refractivity contribution in [3.8, 4) is 11.5 Å². The number of carbonyl (C=O) groups is 2. The summed E-state index contributed by atoms with van der Waals surface area (Å²) in [4.78, 5) is 22.9. The number of carboxylic acid groups (broad SMARTS) is 1. The van der Waals surface area contributed by atoms with Crippen LogP contribution in [0.15, 0.2) is 24.3 Å². The lowest BCUT2D eigenvalue weighted by Gasteiger charge is -2.18. The van der Waals surface area contributed by atoms with Crippen LogP contribution >= 0.6 is 0 Å². The summed E-state index contributed by atoms with van der Waals surface area (Å²) >= 11 is 0. The van der Waals surface area contributed by atoms with Crippen LogP contribution < -0.4 is 14.8 Å². The third-order valence-corrected chi connectivity index (χ3v) is 3.01. The van der Waals surface area contributed by atoms with Gasteiger partial charge in [0.2, 0.25) is 0 Å². The van der Waals surface area contributed by atoms with Gasteiger partial charge in [0.25, 0.3) is 5.91 Å². The highest BCUT2D eigenvalue weighted by Crippen LogP contribution is 2.19. The van der Waals surface area contributed by atoms with E-state index in [0.29, 0.717) is 24.0 Å². The zero-order chi connectivity index (χ0) is 17.4. The summed E-state index contributed by atoms with van der Waals surface area (Å²) in [5.74, 6) is -0.157. The van der Waals surface area contributed by atoms with E-state index in [0.717, 1.165) is 0 Å². The van der Waals surface area contributed by atoms with Crippen LogP contribution in [0.3, 0.4) is 0 Å². The molecule has 0 aliphatic carbocycles. The van der Waals surface area contributed by atoms with E-state index in [2.05, 4.69) is 19.2 Å². The number of aliphatic carboxylic acids is 1. The van der Waals surface area contributed by atoms with Crippen molar-refractivity contribution in [1.82, 2.24) is 5.32 Å². The fourth-order valence-corrected chi connectivity index (χ4v) is 1.79. The van der Waals surface area contributed by atoms with Gasteiger partial charge < -0.3 is 19.9 Å². The molecule has 1 aromatic carbocycles. The normalized spacial score (nSPS) is 12.1. The molecule has 6 nitrogen and oxygen atoms in total. The van der Waals surface area contributed by atoms with Crippen LogP contribution in [0, 0.1) is 11.8 Å². The number of carbonyl (C=O) groups excluding carboxylic acids is 1. The Morgan fingerprint density at radius 1 is 1.13 bits per heavy atom. The summed E-state index contributed by atoms with van der Waals surface area (Å²) in [7, 11) is 0. The summed E-state index contributed by atoms with van der Waals surface area (Å²) in [6, 6.07) is 6.08. The predicted octanol–water partition coefficient (Wildman–Crippen LogP) is 2.33. The van der Waals surface area contributed by atoms with Crippen LogP contribution in [-0.4, -0.2) is 36.2 Å². The van der Waals surface area contributed by atoms with Gasteiger partial charge in [-0.05, 0) is 24.0 Å². The SMILES string of the molecule is CC(C)COc1cccc(OCC(=O)N[C@H](C(=O)O)C(C)C)c1. The van der Waals surface area contributed by atoms with Crippen LogP contribution in [0.2, 0.25) is 0 Å². The number of hydrogen-bond donors (Lipinski definition) is 2. The first kappa shape index (κ1) is 18.8. The Labute approximate surface area is 136 Å². The Kier molecular flexibility index (Phi) is 7.38. The molecule has 0 saturated carbocycles. The van der Waals surface area contributed by atoms with Gasteiger partial charge in [-0.3, -0.25) is 4.79 Å². The minimum atomic E-state index is -1.06. The van der Waals surface area contributed by atoms with Crippen LogP contribution in [0.25, 0.3) is 0 Å². The minimum absolute atomic E-state index is 0.204. The van der Waals surface area contributed by atoms with E-state index in [1.54, 1.807) is 32.0 Å². The van der Waals surface area contributed by atoms with E-state index in [1.807, 2.05) is 6.07 Å². The maximum absolute atomic E-state index is 11.8. The summed E-state index contributed by atoms with van der Waals surface area (Å²) < 4.78 is 11.0. The van der Waals surface area contributed by atoms with Gasteiger partial charge in [0.15, 0.2) is 6.61 Å². The van der Waals surface area contributed by atoms with Gasteiger partial charge in [-0.2, -0.15) is 0 Å². The van der Waals surface area contributed by atoms with Gasteiger partial charge in [-0.25, -0.2) is 4.79 Å². The van der Waals surface area contributed by atoms with Gasteiger partial charge in [0, 0.05) is 6.07 Å². The lowest BCUT2D eigenvalue weighted by molar-refractivity contribution is -0.143. The number of amides is 1. The average Bonchev–Trinajstić information content (AvgIpc) is 2.48. The molecule has 128 valence electrons. The van der Waals surface area contributed by atoms with E-state index < -0.39 is 17.9 Å². The zero-order valence-corrected chi connectivity index (χ0v) is 14.0. The number of carboxylic acids is 1. The van der Waals surface area contributed by atoms with Crippen LogP contribution in [0.4, 0.5) is 0 Å². The molecule has 23 heavy (non-hydrogen) atoms. The number of hydrogen-bond acceptors (Lipinski definition) is 4. The maximum atomic E-state index is 11.8. The molecule has 0 aliphatic rings. The maximum Gasteiger partial charge on any atom is 0.326 e. The van der Waals surface area contributed by atoms with Gasteiger partial charge in [-0.1, -0.05) is 33.8 Å². The van der Waals surface area contributed by atoms with Crippen molar-refractivity contribution in [3.05, 3.63) is 24.3 Å². The van der Waals surface area contributed by atoms with E-state index >= 15 is 0 Å². The summed E-state index contributed by atoms with van der Waals surface area (Å²) in [5, 5.41) is 11.5. The van der Waals surface area contributed by atoms with E-state index in [1.165, 1.54) is 0 Å². The molecule has 2 N–H and O–H groups in total. The summed E-state index contributed by atoms with van der Waals surface area (Å²) in [6.07, 6.45) is 0. The number of benzene rings is 1. The lowest BCUT2D eigenvalue weighted by Crippen LogP contribution is -2.46. The molecule has 0 aliphatic heterocycles. The van der Waals surface area contributed by atoms with Crippen LogP contribution in [0.5, 0.6) is 11.5 Å². The first-order valence-electron chi connectivity index (χ1n) is 7.67. The standard InChI is InChI=1S/C17H25NO5/c1-11(2)9-22-13-6-5-7-14(8-13)23-10-15(19)18-16(12(3)4)17(20)21/h5-8,11-12,16H,9-10H2,1-4H3,(H,18,19)(H,20,21)/t16-/m0/s1. The van der Waals surface area contributed by atoms with Gasteiger partial charge in [-0.15, -0.1) is 0 Å².